The van der Waals surface area contributed by atoms with Crippen molar-refractivity contribution in [3.63, 3.8) is 0 Å². The number of hydrogen-bond donors (Lipinski definition) is 2. The summed E-state index contributed by atoms with van der Waals surface area (Å²) in [6.07, 6.45) is 1.47. The lowest BCUT2D eigenvalue weighted by atomic mass is 10.1. The molecule has 1 heterocycles. The lowest BCUT2D eigenvalue weighted by Gasteiger charge is -2.05. The van der Waals surface area contributed by atoms with E-state index in [2.05, 4.69) is 10.6 Å². The maximum Gasteiger partial charge on any atom is 0.326 e. The first-order valence-electron chi connectivity index (χ1n) is 5.37. The van der Waals surface area contributed by atoms with Crippen molar-refractivity contribution in [2.45, 2.75) is 6.92 Å². The molecule has 0 radical (unpaired) electrons. The highest BCUT2D eigenvalue weighted by Gasteiger charge is 2.04. The van der Waals surface area contributed by atoms with Crippen molar-refractivity contribution in [1.82, 2.24) is 0 Å². The van der Waals surface area contributed by atoms with Crippen LogP contribution in [0.4, 0.5) is 16.4 Å². The van der Waals surface area contributed by atoms with Crippen LogP contribution in [-0.4, -0.2) is 11.8 Å². The van der Waals surface area contributed by atoms with Crippen molar-refractivity contribution in [2.75, 3.05) is 10.6 Å². The summed E-state index contributed by atoms with van der Waals surface area (Å²) in [6, 6.07) is 9.56. The monoisotopic (exact) mass is 244 g/mol. The van der Waals surface area contributed by atoms with Gasteiger partial charge in [-0.3, -0.25) is 10.1 Å². The topological polar surface area (TPSA) is 71.3 Å². The van der Waals surface area contributed by atoms with Gasteiger partial charge in [0.15, 0.2) is 5.78 Å². The first-order valence-corrected chi connectivity index (χ1v) is 5.37. The van der Waals surface area contributed by atoms with Crippen LogP contribution in [0.25, 0.3) is 0 Å². The molecule has 2 aromatic rings. The van der Waals surface area contributed by atoms with Gasteiger partial charge in [-0.25, -0.2) is 4.79 Å². The van der Waals surface area contributed by atoms with Crippen LogP contribution in [0.3, 0.4) is 0 Å². The van der Waals surface area contributed by atoms with E-state index in [1.54, 1.807) is 36.4 Å². The van der Waals surface area contributed by atoms with Crippen molar-refractivity contribution in [2.24, 2.45) is 0 Å². The van der Waals surface area contributed by atoms with Gasteiger partial charge >= 0.3 is 6.03 Å². The summed E-state index contributed by atoms with van der Waals surface area (Å²) in [6.45, 7) is 1.49. The summed E-state index contributed by atoms with van der Waals surface area (Å²) in [5.41, 5.74) is 1.20. The van der Waals surface area contributed by atoms with Crippen LogP contribution in [0.5, 0.6) is 0 Å². The molecule has 0 spiro atoms. The van der Waals surface area contributed by atoms with Crippen molar-refractivity contribution in [3.8, 4) is 0 Å². The van der Waals surface area contributed by atoms with Crippen molar-refractivity contribution >= 4 is 23.4 Å². The zero-order valence-electron chi connectivity index (χ0n) is 9.77. The van der Waals surface area contributed by atoms with Gasteiger partial charge < -0.3 is 9.73 Å². The third-order valence-corrected chi connectivity index (χ3v) is 2.31. The molecule has 2 amide bonds. The predicted octanol–water partition coefficient (Wildman–Crippen LogP) is 3.13. The molecule has 1 aromatic carbocycles. The number of amides is 2. The van der Waals surface area contributed by atoms with Gasteiger partial charge in [-0.05, 0) is 37.3 Å². The lowest BCUT2D eigenvalue weighted by molar-refractivity contribution is 0.101. The van der Waals surface area contributed by atoms with Crippen LogP contribution in [0, 0.1) is 0 Å². The molecule has 0 aliphatic heterocycles. The third-order valence-electron chi connectivity index (χ3n) is 2.31. The lowest BCUT2D eigenvalue weighted by Crippen LogP contribution is -2.18. The van der Waals surface area contributed by atoms with Gasteiger partial charge in [0.2, 0.25) is 5.88 Å². The SMILES string of the molecule is CC(=O)c1ccc(NC(=O)Nc2ccco2)cc1. The highest BCUT2D eigenvalue weighted by molar-refractivity contribution is 5.99. The Balaban J connectivity index is 1.97. The average Bonchev–Trinajstić information content (AvgIpc) is 2.82. The summed E-state index contributed by atoms with van der Waals surface area (Å²) >= 11 is 0. The Morgan fingerprint density at radius 2 is 1.78 bits per heavy atom. The highest BCUT2D eigenvalue weighted by atomic mass is 16.3. The van der Waals surface area contributed by atoms with Gasteiger partial charge in [0, 0.05) is 17.3 Å². The molecule has 5 nitrogen and oxygen atoms in total. The van der Waals surface area contributed by atoms with Gasteiger partial charge in [-0.2, -0.15) is 0 Å². The summed E-state index contributed by atoms with van der Waals surface area (Å²) in [5.74, 6) is 0.356. The summed E-state index contributed by atoms with van der Waals surface area (Å²) in [5, 5.41) is 5.15. The van der Waals surface area contributed by atoms with E-state index in [-0.39, 0.29) is 5.78 Å². The minimum Gasteiger partial charge on any atom is -0.449 e. The van der Waals surface area contributed by atoms with Gasteiger partial charge in [0.05, 0.1) is 6.26 Å². The molecular weight excluding hydrogens is 232 g/mol. The third kappa shape index (κ3) is 2.98. The first-order chi connectivity index (χ1) is 8.65. The van der Waals surface area contributed by atoms with Gasteiger partial charge in [0.1, 0.15) is 0 Å². The van der Waals surface area contributed by atoms with E-state index in [9.17, 15) is 9.59 Å². The molecule has 2 N–H and O–H groups in total. The molecular formula is C13H12N2O3. The number of anilines is 2. The van der Waals surface area contributed by atoms with E-state index in [1.807, 2.05) is 0 Å². The fourth-order valence-electron chi connectivity index (χ4n) is 1.41. The second-order valence-electron chi connectivity index (χ2n) is 3.69. The smallest absolute Gasteiger partial charge is 0.326 e. The molecule has 0 aliphatic carbocycles. The van der Waals surface area contributed by atoms with Crippen LogP contribution in [0.2, 0.25) is 0 Å². The number of hydrogen-bond acceptors (Lipinski definition) is 3. The van der Waals surface area contributed by atoms with E-state index < -0.39 is 6.03 Å². The van der Waals surface area contributed by atoms with E-state index in [0.717, 1.165) is 0 Å². The maximum atomic E-state index is 11.5. The summed E-state index contributed by atoms with van der Waals surface area (Å²) in [4.78, 5) is 22.6. The minimum atomic E-state index is -0.402. The number of furan rings is 1. The quantitative estimate of drug-likeness (QED) is 0.815. The second kappa shape index (κ2) is 5.18. The van der Waals surface area contributed by atoms with Crippen LogP contribution in [-0.2, 0) is 0 Å². The van der Waals surface area contributed by atoms with Crippen LogP contribution in [0.1, 0.15) is 17.3 Å². The highest BCUT2D eigenvalue weighted by Crippen LogP contribution is 2.11. The molecule has 0 saturated heterocycles. The normalized spacial score (nSPS) is 9.83. The van der Waals surface area contributed by atoms with E-state index in [4.69, 9.17) is 4.42 Å². The molecule has 2 rings (SSSR count). The molecule has 1 aromatic heterocycles. The molecule has 0 saturated carbocycles. The fraction of sp³-hybridized carbons (Fsp3) is 0.0769. The van der Waals surface area contributed by atoms with Crippen LogP contribution >= 0.6 is 0 Å². The summed E-state index contributed by atoms with van der Waals surface area (Å²) < 4.78 is 4.98. The number of Topliss-reactive ketones (excluding diaryl/α,β-unsaturated/α-hetero) is 1. The fourth-order valence-corrected chi connectivity index (χ4v) is 1.41. The van der Waals surface area contributed by atoms with Crippen molar-refractivity contribution in [1.29, 1.82) is 0 Å². The van der Waals surface area contributed by atoms with Crippen LogP contribution < -0.4 is 10.6 Å². The Morgan fingerprint density at radius 3 is 2.33 bits per heavy atom. The molecule has 18 heavy (non-hydrogen) atoms. The number of urea groups is 1. The number of ketones is 1. The predicted molar refractivity (Wildman–Crippen MR) is 67.8 cm³/mol. The molecule has 5 heteroatoms. The van der Waals surface area contributed by atoms with E-state index in [0.29, 0.717) is 17.1 Å². The van der Waals surface area contributed by atoms with Crippen molar-refractivity contribution < 1.29 is 14.0 Å². The number of nitrogens with one attached hydrogen (secondary N) is 2. The van der Waals surface area contributed by atoms with Gasteiger partial charge in [0.25, 0.3) is 0 Å². The Bertz CT molecular complexity index is 544. The standard InChI is InChI=1S/C13H12N2O3/c1-9(16)10-4-6-11(7-5-10)14-13(17)15-12-3-2-8-18-12/h2-8H,1H3,(H2,14,15,17). The number of rotatable bonds is 3. The Labute approximate surface area is 104 Å². The molecule has 0 fully saturated rings. The largest absolute Gasteiger partial charge is 0.449 e. The molecule has 0 aliphatic rings. The van der Waals surface area contributed by atoms with Crippen molar-refractivity contribution in [3.05, 3.63) is 48.2 Å². The molecule has 0 unspecified atom stereocenters. The maximum absolute atomic E-state index is 11.5. The molecule has 0 atom stereocenters. The number of benzene rings is 1. The Kier molecular flexibility index (Phi) is 3.43. The number of carbonyl (C=O) groups is 2. The summed E-state index contributed by atoms with van der Waals surface area (Å²) in [7, 11) is 0. The minimum absolute atomic E-state index is 0.0124. The molecule has 0 bridgehead atoms. The van der Waals surface area contributed by atoms with Gasteiger partial charge in [-0.1, -0.05) is 0 Å². The van der Waals surface area contributed by atoms with E-state index in [1.165, 1.54) is 13.2 Å². The first kappa shape index (κ1) is 11.9. The number of carbonyl (C=O) groups excluding carboxylic acids is 2. The van der Waals surface area contributed by atoms with E-state index >= 15 is 0 Å². The Hall–Kier alpha value is -2.56. The average molecular weight is 244 g/mol. The van der Waals surface area contributed by atoms with Crippen LogP contribution in [0.15, 0.2) is 47.1 Å². The van der Waals surface area contributed by atoms with Gasteiger partial charge in [-0.15, -0.1) is 0 Å². The zero-order chi connectivity index (χ0) is 13.0. The Morgan fingerprint density at radius 1 is 1.06 bits per heavy atom. The molecule has 92 valence electrons. The second-order valence-corrected chi connectivity index (χ2v) is 3.69. The zero-order valence-corrected chi connectivity index (χ0v) is 9.77.